The van der Waals surface area contributed by atoms with Gasteiger partial charge in [0, 0.05) is 13.6 Å². The van der Waals surface area contributed by atoms with Crippen LogP contribution in [0, 0.1) is 5.92 Å². The Labute approximate surface area is 85.3 Å². The molecule has 1 saturated heterocycles. The molecule has 1 rings (SSSR count). The van der Waals surface area contributed by atoms with Crippen LogP contribution in [0.15, 0.2) is 0 Å². The van der Waals surface area contributed by atoms with E-state index in [1.807, 2.05) is 11.8 Å². The summed E-state index contributed by atoms with van der Waals surface area (Å²) >= 11 is 0. The minimum atomic E-state index is -0.915. The molecule has 1 fully saturated rings. The molecule has 0 radical (unpaired) electrons. The summed E-state index contributed by atoms with van der Waals surface area (Å²) in [6.07, 6.45) is 0.960. The van der Waals surface area contributed by atoms with E-state index in [0.717, 1.165) is 13.0 Å². The molecule has 0 aromatic rings. The lowest BCUT2D eigenvalue weighted by atomic mass is 10.0. The SMILES string of the molecule is CNC(=O)C1C(C)CCN1C(C)(C)O. The Bertz CT molecular complexity index is 223. The van der Waals surface area contributed by atoms with Gasteiger partial charge in [0.1, 0.15) is 5.72 Å². The molecule has 0 aliphatic carbocycles. The van der Waals surface area contributed by atoms with E-state index in [0.29, 0.717) is 5.92 Å². The minimum absolute atomic E-state index is 0.00266. The second-order valence-corrected chi connectivity index (χ2v) is 4.51. The molecule has 4 nitrogen and oxygen atoms in total. The number of nitrogens with zero attached hydrogens (tertiary/aromatic N) is 1. The fourth-order valence-electron chi connectivity index (χ4n) is 2.11. The van der Waals surface area contributed by atoms with E-state index in [2.05, 4.69) is 5.32 Å². The van der Waals surface area contributed by atoms with Crippen molar-refractivity contribution >= 4 is 5.91 Å². The van der Waals surface area contributed by atoms with Gasteiger partial charge in [0.25, 0.3) is 0 Å². The smallest absolute Gasteiger partial charge is 0.237 e. The molecule has 2 atom stereocenters. The molecule has 0 bridgehead atoms. The molecule has 4 heteroatoms. The van der Waals surface area contributed by atoms with Crippen LogP contribution in [0.5, 0.6) is 0 Å². The van der Waals surface area contributed by atoms with E-state index < -0.39 is 5.72 Å². The van der Waals surface area contributed by atoms with Crippen molar-refractivity contribution in [1.82, 2.24) is 10.2 Å². The highest BCUT2D eigenvalue weighted by atomic mass is 16.3. The maximum Gasteiger partial charge on any atom is 0.237 e. The molecule has 14 heavy (non-hydrogen) atoms. The monoisotopic (exact) mass is 200 g/mol. The van der Waals surface area contributed by atoms with Crippen LogP contribution in [0.1, 0.15) is 27.2 Å². The summed E-state index contributed by atoms with van der Waals surface area (Å²) in [7, 11) is 1.63. The third-order valence-electron chi connectivity index (χ3n) is 2.92. The normalized spacial score (nSPS) is 29.2. The Morgan fingerprint density at radius 2 is 2.14 bits per heavy atom. The molecular formula is C10H20N2O2. The minimum Gasteiger partial charge on any atom is -0.376 e. The topological polar surface area (TPSA) is 52.6 Å². The van der Waals surface area contributed by atoms with Gasteiger partial charge in [0.05, 0.1) is 6.04 Å². The largest absolute Gasteiger partial charge is 0.376 e. The van der Waals surface area contributed by atoms with Crippen molar-refractivity contribution in [3.05, 3.63) is 0 Å². The average Bonchev–Trinajstić information content (AvgIpc) is 2.45. The standard InChI is InChI=1S/C10H20N2O2/c1-7-5-6-12(10(2,3)14)8(7)9(13)11-4/h7-8,14H,5-6H2,1-4H3,(H,11,13). The molecule has 1 heterocycles. The van der Waals surface area contributed by atoms with Crippen LogP contribution in [-0.4, -0.2) is 41.3 Å². The van der Waals surface area contributed by atoms with Crippen LogP contribution >= 0.6 is 0 Å². The van der Waals surface area contributed by atoms with Crippen molar-refractivity contribution < 1.29 is 9.90 Å². The molecule has 82 valence electrons. The van der Waals surface area contributed by atoms with Crippen molar-refractivity contribution in [3.63, 3.8) is 0 Å². The number of amides is 1. The number of likely N-dealkylation sites (tertiary alicyclic amines) is 1. The Balaban J connectivity index is 2.82. The molecule has 1 aliphatic heterocycles. The number of rotatable bonds is 2. The number of hydrogen-bond donors (Lipinski definition) is 2. The summed E-state index contributed by atoms with van der Waals surface area (Å²) < 4.78 is 0. The van der Waals surface area contributed by atoms with Crippen molar-refractivity contribution in [1.29, 1.82) is 0 Å². The summed E-state index contributed by atoms with van der Waals surface area (Å²) in [5, 5.41) is 12.5. The van der Waals surface area contributed by atoms with Crippen LogP contribution in [0.4, 0.5) is 0 Å². The summed E-state index contributed by atoms with van der Waals surface area (Å²) in [5.74, 6) is 0.304. The molecule has 2 N–H and O–H groups in total. The number of hydrogen-bond acceptors (Lipinski definition) is 3. The highest BCUT2D eigenvalue weighted by molar-refractivity contribution is 5.82. The fourth-order valence-corrected chi connectivity index (χ4v) is 2.11. The first kappa shape index (κ1) is 11.5. The van der Waals surface area contributed by atoms with Gasteiger partial charge in [-0.15, -0.1) is 0 Å². The van der Waals surface area contributed by atoms with Gasteiger partial charge in [-0.2, -0.15) is 0 Å². The van der Waals surface area contributed by atoms with Gasteiger partial charge >= 0.3 is 0 Å². The maximum atomic E-state index is 11.6. The molecular weight excluding hydrogens is 180 g/mol. The van der Waals surface area contributed by atoms with Crippen LogP contribution in [0.25, 0.3) is 0 Å². The maximum absolute atomic E-state index is 11.6. The first-order valence-electron chi connectivity index (χ1n) is 5.08. The van der Waals surface area contributed by atoms with E-state index in [1.165, 1.54) is 0 Å². The predicted molar refractivity (Wildman–Crippen MR) is 54.6 cm³/mol. The molecule has 0 saturated carbocycles. The van der Waals surface area contributed by atoms with Crippen LogP contribution in [-0.2, 0) is 4.79 Å². The van der Waals surface area contributed by atoms with Crippen LogP contribution in [0.2, 0.25) is 0 Å². The average molecular weight is 200 g/mol. The second kappa shape index (κ2) is 3.87. The summed E-state index contributed by atoms with van der Waals surface area (Å²) in [4.78, 5) is 13.5. The summed E-state index contributed by atoms with van der Waals surface area (Å²) in [6, 6.07) is -0.194. The van der Waals surface area contributed by atoms with Gasteiger partial charge in [0.2, 0.25) is 5.91 Å². The number of likely N-dealkylation sites (N-methyl/N-ethyl adjacent to an activating group) is 1. The summed E-state index contributed by atoms with van der Waals surface area (Å²) in [6.45, 7) is 6.27. The van der Waals surface area contributed by atoms with E-state index in [-0.39, 0.29) is 11.9 Å². The summed E-state index contributed by atoms with van der Waals surface area (Å²) in [5.41, 5.74) is -0.915. The van der Waals surface area contributed by atoms with Crippen LogP contribution in [0.3, 0.4) is 0 Å². The van der Waals surface area contributed by atoms with E-state index in [9.17, 15) is 9.90 Å². The van der Waals surface area contributed by atoms with E-state index >= 15 is 0 Å². The Morgan fingerprint density at radius 1 is 1.57 bits per heavy atom. The van der Waals surface area contributed by atoms with Gasteiger partial charge in [-0.25, -0.2) is 0 Å². The third-order valence-corrected chi connectivity index (χ3v) is 2.92. The first-order chi connectivity index (χ1) is 6.38. The quantitative estimate of drug-likeness (QED) is 0.668. The number of nitrogens with one attached hydrogen (secondary N) is 1. The van der Waals surface area contributed by atoms with E-state index in [1.54, 1.807) is 20.9 Å². The van der Waals surface area contributed by atoms with Crippen molar-refractivity contribution in [2.75, 3.05) is 13.6 Å². The zero-order valence-corrected chi connectivity index (χ0v) is 9.37. The van der Waals surface area contributed by atoms with Gasteiger partial charge in [-0.05, 0) is 26.2 Å². The van der Waals surface area contributed by atoms with Gasteiger partial charge in [0.15, 0.2) is 0 Å². The van der Waals surface area contributed by atoms with Crippen LogP contribution < -0.4 is 5.32 Å². The lowest BCUT2D eigenvalue weighted by molar-refractivity contribution is -0.138. The number of carbonyl (C=O) groups excluding carboxylic acids is 1. The Morgan fingerprint density at radius 3 is 2.57 bits per heavy atom. The fraction of sp³-hybridized carbons (Fsp3) is 0.900. The molecule has 0 aromatic carbocycles. The lowest BCUT2D eigenvalue weighted by Crippen LogP contribution is -2.53. The Hall–Kier alpha value is -0.610. The predicted octanol–water partition coefficient (Wildman–Crippen LogP) is 0.171. The molecule has 1 aliphatic rings. The van der Waals surface area contributed by atoms with Crippen molar-refractivity contribution in [3.8, 4) is 0 Å². The number of aliphatic hydroxyl groups is 1. The number of carbonyl (C=O) groups is 1. The van der Waals surface area contributed by atoms with Crippen molar-refractivity contribution in [2.24, 2.45) is 5.92 Å². The molecule has 1 amide bonds. The van der Waals surface area contributed by atoms with Gasteiger partial charge < -0.3 is 10.4 Å². The van der Waals surface area contributed by atoms with Gasteiger partial charge in [-0.3, -0.25) is 9.69 Å². The zero-order chi connectivity index (χ0) is 10.9. The zero-order valence-electron chi connectivity index (χ0n) is 9.37. The third kappa shape index (κ3) is 2.07. The van der Waals surface area contributed by atoms with E-state index in [4.69, 9.17) is 0 Å². The highest BCUT2D eigenvalue weighted by Crippen LogP contribution is 2.29. The lowest BCUT2D eigenvalue weighted by Gasteiger charge is -2.35. The molecule has 2 unspecified atom stereocenters. The Kier molecular flexibility index (Phi) is 3.17. The van der Waals surface area contributed by atoms with Gasteiger partial charge in [-0.1, -0.05) is 6.92 Å². The highest BCUT2D eigenvalue weighted by Gasteiger charge is 2.42. The van der Waals surface area contributed by atoms with Crippen molar-refractivity contribution in [2.45, 2.75) is 39.0 Å². The second-order valence-electron chi connectivity index (χ2n) is 4.51. The molecule has 0 spiro atoms. The molecule has 0 aromatic heterocycles. The first-order valence-corrected chi connectivity index (χ1v) is 5.08.